The van der Waals surface area contributed by atoms with Crippen molar-refractivity contribution in [2.75, 3.05) is 25.1 Å². The number of aldehydes is 1. The highest BCUT2D eigenvalue weighted by Crippen LogP contribution is 2.22. The molecule has 0 aromatic heterocycles. The standard InChI is InChI=1S/C13H18ClNO2/c1-15(7-3-2-4-8-16)12-6-5-11(10-17)13(14)9-12/h5-6,9-10,16H,2-4,7-8H2,1H3. The minimum atomic E-state index is 0.254. The Kier molecular flexibility index (Phi) is 6.01. The van der Waals surface area contributed by atoms with Crippen LogP contribution in [-0.2, 0) is 0 Å². The molecule has 0 bridgehead atoms. The molecule has 1 N–H and O–H groups in total. The molecule has 4 heteroatoms. The molecule has 3 nitrogen and oxygen atoms in total. The van der Waals surface area contributed by atoms with Gasteiger partial charge in [-0.05, 0) is 37.5 Å². The summed E-state index contributed by atoms with van der Waals surface area (Å²) in [5.41, 5.74) is 1.52. The van der Waals surface area contributed by atoms with Gasteiger partial charge in [0.25, 0.3) is 0 Å². The number of unbranched alkanes of at least 4 members (excludes halogenated alkanes) is 2. The third-order valence-corrected chi connectivity index (χ3v) is 3.03. The lowest BCUT2D eigenvalue weighted by Gasteiger charge is -2.19. The van der Waals surface area contributed by atoms with Crippen LogP contribution in [0.15, 0.2) is 18.2 Å². The van der Waals surface area contributed by atoms with E-state index in [4.69, 9.17) is 16.7 Å². The molecule has 94 valence electrons. The Bertz CT molecular complexity index is 368. The number of benzene rings is 1. The Balaban J connectivity index is 2.54. The van der Waals surface area contributed by atoms with Crippen LogP contribution in [-0.4, -0.2) is 31.6 Å². The molecule has 0 aliphatic carbocycles. The SMILES string of the molecule is CN(CCCCCO)c1ccc(C=O)c(Cl)c1. The second-order valence-corrected chi connectivity index (χ2v) is 4.44. The molecule has 0 heterocycles. The van der Waals surface area contributed by atoms with Crippen LogP contribution in [0, 0.1) is 0 Å². The van der Waals surface area contributed by atoms with Crippen molar-refractivity contribution in [1.82, 2.24) is 0 Å². The fourth-order valence-electron chi connectivity index (χ4n) is 1.62. The highest BCUT2D eigenvalue weighted by molar-refractivity contribution is 6.33. The number of hydrogen-bond donors (Lipinski definition) is 1. The summed E-state index contributed by atoms with van der Waals surface area (Å²) in [6.07, 6.45) is 3.65. The molecule has 0 spiro atoms. The topological polar surface area (TPSA) is 40.5 Å². The van der Waals surface area contributed by atoms with Crippen LogP contribution in [0.25, 0.3) is 0 Å². The lowest BCUT2D eigenvalue weighted by atomic mass is 10.2. The van der Waals surface area contributed by atoms with E-state index < -0.39 is 0 Å². The summed E-state index contributed by atoms with van der Waals surface area (Å²) in [7, 11) is 1.99. The van der Waals surface area contributed by atoms with Gasteiger partial charge in [0.05, 0.1) is 5.02 Å². The Hall–Kier alpha value is -1.06. The molecule has 1 aromatic rings. The van der Waals surface area contributed by atoms with Crippen LogP contribution >= 0.6 is 11.6 Å². The average Bonchev–Trinajstić information content (AvgIpc) is 2.34. The van der Waals surface area contributed by atoms with Gasteiger partial charge in [-0.25, -0.2) is 0 Å². The fraction of sp³-hybridized carbons (Fsp3) is 0.462. The summed E-state index contributed by atoms with van der Waals surface area (Å²) in [5.74, 6) is 0. The van der Waals surface area contributed by atoms with E-state index in [0.717, 1.165) is 37.8 Å². The van der Waals surface area contributed by atoms with Crippen molar-refractivity contribution in [2.45, 2.75) is 19.3 Å². The molecule has 0 saturated heterocycles. The van der Waals surface area contributed by atoms with Gasteiger partial charge in [0.1, 0.15) is 0 Å². The molecule has 0 aliphatic heterocycles. The first-order valence-electron chi connectivity index (χ1n) is 5.75. The van der Waals surface area contributed by atoms with Crippen LogP contribution in [0.4, 0.5) is 5.69 Å². The van der Waals surface area contributed by atoms with Crippen LogP contribution in [0.2, 0.25) is 5.02 Å². The van der Waals surface area contributed by atoms with Crippen molar-refractivity contribution in [3.8, 4) is 0 Å². The Morgan fingerprint density at radius 3 is 2.71 bits per heavy atom. The van der Waals surface area contributed by atoms with Crippen LogP contribution < -0.4 is 4.90 Å². The van der Waals surface area contributed by atoms with Crippen LogP contribution in [0.3, 0.4) is 0 Å². The lowest BCUT2D eigenvalue weighted by molar-refractivity contribution is 0.112. The summed E-state index contributed by atoms with van der Waals surface area (Å²) in [6, 6.07) is 5.42. The highest BCUT2D eigenvalue weighted by Gasteiger charge is 2.04. The molecule has 0 saturated carbocycles. The maximum atomic E-state index is 10.6. The smallest absolute Gasteiger partial charge is 0.151 e. The maximum absolute atomic E-state index is 10.6. The van der Waals surface area contributed by atoms with E-state index in [1.165, 1.54) is 0 Å². The third kappa shape index (κ3) is 4.36. The third-order valence-electron chi connectivity index (χ3n) is 2.70. The van der Waals surface area contributed by atoms with E-state index >= 15 is 0 Å². The molecule has 1 rings (SSSR count). The molecule has 0 atom stereocenters. The second-order valence-electron chi connectivity index (χ2n) is 4.03. The van der Waals surface area contributed by atoms with Gasteiger partial charge in [0, 0.05) is 31.5 Å². The Morgan fingerprint density at radius 1 is 1.35 bits per heavy atom. The molecule has 0 amide bonds. The van der Waals surface area contributed by atoms with Gasteiger partial charge in [-0.1, -0.05) is 11.6 Å². The van der Waals surface area contributed by atoms with E-state index in [9.17, 15) is 4.79 Å². The number of aliphatic hydroxyl groups is 1. The zero-order valence-corrected chi connectivity index (χ0v) is 10.8. The fourth-order valence-corrected chi connectivity index (χ4v) is 1.84. The van der Waals surface area contributed by atoms with E-state index in [2.05, 4.69) is 4.90 Å². The van der Waals surface area contributed by atoms with Crippen molar-refractivity contribution in [3.05, 3.63) is 28.8 Å². The monoisotopic (exact) mass is 255 g/mol. The number of anilines is 1. The number of nitrogens with zero attached hydrogens (tertiary/aromatic N) is 1. The van der Waals surface area contributed by atoms with E-state index in [1.54, 1.807) is 12.1 Å². The number of carbonyl (C=O) groups is 1. The Labute approximate surface area is 107 Å². The molecule has 0 unspecified atom stereocenters. The molecule has 1 aromatic carbocycles. The first-order chi connectivity index (χ1) is 8.19. The first-order valence-corrected chi connectivity index (χ1v) is 6.13. The van der Waals surface area contributed by atoms with Gasteiger partial charge in [-0.15, -0.1) is 0 Å². The number of hydrogen-bond acceptors (Lipinski definition) is 3. The predicted molar refractivity (Wildman–Crippen MR) is 71.0 cm³/mol. The van der Waals surface area contributed by atoms with Crippen molar-refractivity contribution >= 4 is 23.6 Å². The zero-order valence-electron chi connectivity index (χ0n) is 10.0. The van der Waals surface area contributed by atoms with Gasteiger partial charge in [0.15, 0.2) is 6.29 Å². The zero-order chi connectivity index (χ0) is 12.7. The van der Waals surface area contributed by atoms with Crippen LogP contribution in [0.5, 0.6) is 0 Å². The molecular formula is C13H18ClNO2. The lowest BCUT2D eigenvalue weighted by Crippen LogP contribution is -2.18. The summed E-state index contributed by atoms with van der Waals surface area (Å²) in [5, 5.41) is 9.16. The van der Waals surface area contributed by atoms with E-state index in [0.29, 0.717) is 10.6 Å². The van der Waals surface area contributed by atoms with Crippen LogP contribution in [0.1, 0.15) is 29.6 Å². The summed E-state index contributed by atoms with van der Waals surface area (Å²) >= 11 is 5.97. The molecule has 0 fully saturated rings. The van der Waals surface area contributed by atoms with Crippen molar-refractivity contribution in [2.24, 2.45) is 0 Å². The first kappa shape index (κ1) is 14.0. The summed E-state index contributed by atoms with van der Waals surface area (Å²) in [4.78, 5) is 12.7. The number of rotatable bonds is 7. The quantitative estimate of drug-likeness (QED) is 0.602. The van der Waals surface area contributed by atoms with Gasteiger partial charge in [-0.3, -0.25) is 4.79 Å². The predicted octanol–water partition coefficient (Wildman–Crippen LogP) is 2.75. The maximum Gasteiger partial charge on any atom is 0.151 e. The van der Waals surface area contributed by atoms with Crippen molar-refractivity contribution < 1.29 is 9.90 Å². The van der Waals surface area contributed by atoms with Crippen molar-refractivity contribution in [3.63, 3.8) is 0 Å². The minimum Gasteiger partial charge on any atom is -0.396 e. The molecule has 0 radical (unpaired) electrons. The molecule has 0 aliphatic rings. The van der Waals surface area contributed by atoms with Crippen molar-refractivity contribution in [1.29, 1.82) is 0 Å². The van der Waals surface area contributed by atoms with Gasteiger partial charge in [0.2, 0.25) is 0 Å². The second kappa shape index (κ2) is 7.30. The average molecular weight is 256 g/mol. The highest BCUT2D eigenvalue weighted by atomic mass is 35.5. The normalized spacial score (nSPS) is 10.3. The van der Waals surface area contributed by atoms with E-state index in [1.807, 2.05) is 13.1 Å². The summed E-state index contributed by atoms with van der Waals surface area (Å²) in [6.45, 7) is 1.17. The Morgan fingerprint density at radius 2 is 2.12 bits per heavy atom. The summed E-state index contributed by atoms with van der Waals surface area (Å²) < 4.78 is 0. The molecule has 17 heavy (non-hydrogen) atoms. The van der Waals surface area contributed by atoms with E-state index in [-0.39, 0.29) is 6.61 Å². The number of aliphatic hydroxyl groups excluding tert-OH is 1. The van der Waals surface area contributed by atoms with Gasteiger partial charge >= 0.3 is 0 Å². The number of halogens is 1. The number of carbonyl (C=O) groups excluding carboxylic acids is 1. The van der Waals surface area contributed by atoms with Gasteiger partial charge < -0.3 is 10.0 Å². The largest absolute Gasteiger partial charge is 0.396 e. The van der Waals surface area contributed by atoms with Gasteiger partial charge in [-0.2, -0.15) is 0 Å². The molecular weight excluding hydrogens is 238 g/mol. The minimum absolute atomic E-state index is 0.254.